The standard InChI is InChI=1S/C18H25N3O4/c1-4-25-18(24)13-5-7-14(8-6-13)19-16(22)17(23)21(3)15-9-11-20(2)12-10-15/h5-8,15H,4,9-12H2,1-3H3,(H,19,22). The zero-order valence-corrected chi connectivity index (χ0v) is 14.9. The molecule has 0 radical (unpaired) electrons. The first-order chi connectivity index (χ1) is 11.9. The van der Waals surface area contributed by atoms with Crippen LogP contribution in [0.5, 0.6) is 0 Å². The van der Waals surface area contributed by atoms with Crippen LogP contribution in [0.4, 0.5) is 5.69 Å². The van der Waals surface area contributed by atoms with E-state index in [1.165, 1.54) is 4.90 Å². The first kappa shape index (κ1) is 18.9. The van der Waals surface area contributed by atoms with Gasteiger partial charge in [-0.3, -0.25) is 9.59 Å². The second-order valence-electron chi connectivity index (χ2n) is 6.20. The Morgan fingerprint density at radius 1 is 1.20 bits per heavy atom. The molecule has 0 unspecified atom stereocenters. The van der Waals surface area contributed by atoms with Gasteiger partial charge in [0.05, 0.1) is 12.2 Å². The van der Waals surface area contributed by atoms with Crippen LogP contribution in [0.2, 0.25) is 0 Å². The summed E-state index contributed by atoms with van der Waals surface area (Å²) < 4.78 is 4.90. The number of esters is 1. The highest BCUT2D eigenvalue weighted by Crippen LogP contribution is 2.15. The van der Waals surface area contributed by atoms with Gasteiger partial charge in [-0.1, -0.05) is 0 Å². The number of carbonyl (C=O) groups is 3. The first-order valence-corrected chi connectivity index (χ1v) is 8.46. The van der Waals surface area contributed by atoms with Crippen molar-refractivity contribution in [1.29, 1.82) is 0 Å². The molecule has 1 aliphatic heterocycles. The Morgan fingerprint density at radius 3 is 2.36 bits per heavy atom. The Morgan fingerprint density at radius 2 is 1.80 bits per heavy atom. The molecule has 1 fully saturated rings. The first-order valence-electron chi connectivity index (χ1n) is 8.46. The Labute approximate surface area is 147 Å². The molecule has 1 aromatic rings. The van der Waals surface area contributed by atoms with Crippen molar-refractivity contribution in [3.63, 3.8) is 0 Å². The fourth-order valence-electron chi connectivity index (χ4n) is 2.80. The van der Waals surface area contributed by atoms with E-state index in [1.54, 1.807) is 38.2 Å². The number of benzene rings is 1. The Balaban J connectivity index is 1.92. The molecule has 1 aromatic carbocycles. The molecule has 0 spiro atoms. The van der Waals surface area contributed by atoms with Crippen LogP contribution in [0, 0.1) is 0 Å². The van der Waals surface area contributed by atoms with E-state index in [4.69, 9.17) is 4.74 Å². The van der Waals surface area contributed by atoms with E-state index in [2.05, 4.69) is 10.2 Å². The zero-order chi connectivity index (χ0) is 18.4. The van der Waals surface area contributed by atoms with E-state index in [9.17, 15) is 14.4 Å². The lowest BCUT2D eigenvalue weighted by atomic mass is 10.0. The average Bonchev–Trinajstić information content (AvgIpc) is 2.62. The van der Waals surface area contributed by atoms with Gasteiger partial charge in [-0.25, -0.2) is 4.79 Å². The molecule has 1 N–H and O–H groups in total. The SMILES string of the molecule is CCOC(=O)c1ccc(NC(=O)C(=O)N(C)C2CCN(C)CC2)cc1. The number of amides is 2. The van der Waals surface area contributed by atoms with Crippen molar-refractivity contribution in [1.82, 2.24) is 9.80 Å². The number of likely N-dealkylation sites (N-methyl/N-ethyl adjacent to an activating group) is 1. The Kier molecular flexibility index (Phi) is 6.52. The summed E-state index contributed by atoms with van der Waals surface area (Å²) in [7, 11) is 3.71. The highest BCUT2D eigenvalue weighted by atomic mass is 16.5. The van der Waals surface area contributed by atoms with E-state index < -0.39 is 17.8 Å². The summed E-state index contributed by atoms with van der Waals surface area (Å²) in [5.41, 5.74) is 0.859. The van der Waals surface area contributed by atoms with Crippen LogP contribution in [0.15, 0.2) is 24.3 Å². The molecule has 7 heteroatoms. The summed E-state index contributed by atoms with van der Waals surface area (Å²) >= 11 is 0. The van der Waals surface area contributed by atoms with Gasteiger partial charge in [-0.2, -0.15) is 0 Å². The van der Waals surface area contributed by atoms with Gasteiger partial charge >= 0.3 is 17.8 Å². The fourth-order valence-corrected chi connectivity index (χ4v) is 2.80. The van der Waals surface area contributed by atoms with Crippen molar-refractivity contribution in [3.05, 3.63) is 29.8 Å². The number of ether oxygens (including phenoxy) is 1. The zero-order valence-electron chi connectivity index (χ0n) is 14.9. The lowest BCUT2D eigenvalue weighted by molar-refractivity contribution is -0.144. The molecule has 0 bridgehead atoms. The van der Waals surface area contributed by atoms with Gasteiger partial charge in [-0.15, -0.1) is 0 Å². The molecule has 0 aromatic heterocycles. The molecule has 0 atom stereocenters. The number of anilines is 1. The lowest BCUT2D eigenvalue weighted by Gasteiger charge is -2.34. The van der Waals surface area contributed by atoms with Crippen LogP contribution in [-0.4, -0.2) is 67.4 Å². The number of nitrogens with zero attached hydrogens (tertiary/aromatic N) is 2. The molecule has 1 saturated heterocycles. The summed E-state index contributed by atoms with van der Waals surface area (Å²) in [5, 5.41) is 2.58. The number of likely N-dealkylation sites (tertiary alicyclic amines) is 1. The molecule has 25 heavy (non-hydrogen) atoms. The van der Waals surface area contributed by atoms with Crippen LogP contribution in [0.3, 0.4) is 0 Å². The average molecular weight is 347 g/mol. The van der Waals surface area contributed by atoms with Crippen LogP contribution in [0.25, 0.3) is 0 Å². The quantitative estimate of drug-likeness (QED) is 0.657. The molecule has 7 nitrogen and oxygen atoms in total. The van der Waals surface area contributed by atoms with Gasteiger partial charge in [0, 0.05) is 18.8 Å². The van der Waals surface area contributed by atoms with E-state index in [1.807, 2.05) is 7.05 Å². The number of piperidine rings is 1. The predicted molar refractivity (Wildman–Crippen MR) is 94.3 cm³/mol. The maximum atomic E-state index is 12.3. The smallest absolute Gasteiger partial charge is 0.338 e. The Hall–Kier alpha value is -2.41. The number of hydrogen-bond acceptors (Lipinski definition) is 5. The monoisotopic (exact) mass is 347 g/mol. The molecule has 1 heterocycles. The van der Waals surface area contributed by atoms with Gasteiger partial charge in [0.1, 0.15) is 0 Å². The van der Waals surface area contributed by atoms with Crippen molar-refractivity contribution >= 4 is 23.5 Å². The van der Waals surface area contributed by atoms with Crippen LogP contribution >= 0.6 is 0 Å². The van der Waals surface area contributed by atoms with Crippen LogP contribution in [-0.2, 0) is 14.3 Å². The van der Waals surface area contributed by atoms with Gasteiger partial charge < -0.3 is 19.9 Å². The van der Waals surface area contributed by atoms with Gasteiger partial charge in [0.25, 0.3) is 0 Å². The van der Waals surface area contributed by atoms with Crippen molar-refractivity contribution in [2.75, 3.05) is 39.1 Å². The van der Waals surface area contributed by atoms with E-state index >= 15 is 0 Å². The lowest BCUT2D eigenvalue weighted by Crippen LogP contribution is -2.47. The minimum atomic E-state index is -0.676. The highest BCUT2D eigenvalue weighted by molar-refractivity contribution is 6.39. The minimum absolute atomic E-state index is 0.0839. The van der Waals surface area contributed by atoms with Crippen LogP contribution < -0.4 is 5.32 Å². The Bertz CT molecular complexity index is 622. The fraction of sp³-hybridized carbons (Fsp3) is 0.500. The van der Waals surface area contributed by atoms with Gasteiger partial charge in [0.15, 0.2) is 0 Å². The van der Waals surface area contributed by atoms with E-state index in [-0.39, 0.29) is 6.04 Å². The third-order valence-corrected chi connectivity index (χ3v) is 4.40. The molecule has 2 amide bonds. The molecular formula is C18H25N3O4. The molecular weight excluding hydrogens is 322 g/mol. The van der Waals surface area contributed by atoms with Crippen molar-refractivity contribution in [2.24, 2.45) is 0 Å². The largest absolute Gasteiger partial charge is 0.462 e. The number of carbonyl (C=O) groups excluding carboxylic acids is 3. The summed E-state index contributed by atoms with van der Waals surface area (Å²) in [6.07, 6.45) is 1.72. The summed E-state index contributed by atoms with van der Waals surface area (Å²) in [6, 6.07) is 6.35. The van der Waals surface area contributed by atoms with Gasteiger partial charge in [-0.05, 0) is 64.2 Å². The summed E-state index contributed by atoms with van der Waals surface area (Å²) in [6.45, 7) is 3.87. The van der Waals surface area contributed by atoms with Crippen LogP contribution in [0.1, 0.15) is 30.1 Å². The predicted octanol–water partition coefficient (Wildman–Crippen LogP) is 1.35. The van der Waals surface area contributed by atoms with Crippen molar-refractivity contribution < 1.29 is 19.1 Å². The molecule has 1 aliphatic rings. The summed E-state index contributed by atoms with van der Waals surface area (Å²) in [5.74, 6) is -1.65. The van der Waals surface area contributed by atoms with Crippen molar-refractivity contribution in [2.45, 2.75) is 25.8 Å². The third-order valence-electron chi connectivity index (χ3n) is 4.40. The van der Waals surface area contributed by atoms with E-state index in [0.717, 1.165) is 25.9 Å². The molecule has 0 aliphatic carbocycles. The molecule has 136 valence electrons. The molecule has 0 saturated carbocycles. The second-order valence-corrected chi connectivity index (χ2v) is 6.20. The van der Waals surface area contributed by atoms with Gasteiger partial charge in [0.2, 0.25) is 0 Å². The molecule has 2 rings (SSSR count). The number of rotatable bonds is 4. The van der Waals surface area contributed by atoms with E-state index in [0.29, 0.717) is 17.9 Å². The maximum Gasteiger partial charge on any atom is 0.338 e. The second kappa shape index (κ2) is 8.62. The third kappa shape index (κ3) is 5.03. The summed E-state index contributed by atoms with van der Waals surface area (Å²) in [4.78, 5) is 39.8. The number of hydrogen-bond donors (Lipinski definition) is 1. The number of nitrogens with one attached hydrogen (secondary N) is 1. The maximum absolute atomic E-state index is 12.3. The topological polar surface area (TPSA) is 78.9 Å². The minimum Gasteiger partial charge on any atom is -0.462 e. The highest BCUT2D eigenvalue weighted by Gasteiger charge is 2.27. The normalized spacial score (nSPS) is 15.5. The van der Waals surface area contributed by atoms with Crippen molar-refractivity contribution in [3.8, 4) is 0 Å².